The first-order chi connectivity index (χ1) is 24.2. The smallest absolute Gasteiger partial charge is 0.305 e. The van der Waals surface area contributed by atoms with E-state index in [2.05, 4.69) is 13.8 Å². The Hall–Kier alpha value is -0.610. The summed E-state index contributed by atoms with van der Waals surface area (Å²) in [4.78, 5) is 12.4. The summed E-state index contributed by atoms with van der Waals surface area (Å²) in [7, 11) is 1.67. The lowest BCUT2D eigenvalue weighted by Gasteiger charge is -2.17. The molecule has 0 saturated carbocycles. The first-order valence-corrected chi connectivity index (χ1v) is 22.5. The molecule has 0 heterocycles. The molecule has 0 unspecified atom stereocenters. The topological polar surface area (TPSA) is 44.8 Å². The number of ether oxygens (including phenoxy) is 3. The van der Waals surface area contributed by atoms with Crippen LogP contribution in [0.25, 0.3) is 0 Å². The molecule has 0 atom stereocenters. The minimum atomic E-state index is -0.0562. The lowest BCUT2D eigenvalue weighted by molar-refractivity contribution is -0.145. The van der Waals surface area contributed by atoms with Crippen LogP contribution in [0.2, 0.25) is 0 Å². The second kappa shape index (κ2) is 43.6. The van der Waals surface area contributed by atoms with E-state index in [1.54, 1.807) is 7.11 Å². The van der Waals surface area contributed by atoms with Gasteiger partial charge in [0, 0.05) is 13.5 Å². The Morgan fingerprint density at radius 2 is 0.694 bits per heavy atom. The monoisotopic (exact) mass is 695 g/mol. The Kier molecular flexibility index (Phi) is 43.0. The third-order valence-electron chi connectivity index (χ3n) is 10.6. The fourth-order valence-electron chi connectivity index (χ4n) is 7.25. The molecule has 49 heavy (non-hydrogen) atoms. The van der Waals surface area contributed by atoms with E-state index in [9.17, 15) is 4.79 Å². The number of hydrogen-bond donors (Lipinski definition) is 0. The average Bonchev–Trinajstić information content (AvgIpc) is 3.11. The fourth-order valence-corrected chi connectivity index (χ4v) is 7.25. The number of esters is 1. The molecule has 0 aliphatic rings. The predicted octanol–water partition coefficient (Wildman–Crippen LogP) is 14.9. The van der Waals surface area contributed by atoms with Gasteiger partial charge in [-0.2, -0.15) is 0 Å². The van der Waals surface area contributed by atoms with Crippen molar-refractivity contribution in [1.29, 1.82) is 0 Å². The molecular weight excluding hydrogens is 604 g/mol. The average molecular weight is 695 g/mol. The van der Waals surface area contributed by atoms with E-state index < -0.39 is 0 Å². The summed E-state index contributed by atoms with van der Waals surface area (Å²) in [5.41, 5.74) is 0. The fraction of sp³-hybridized carbons (Fsp3) is 0.978. The van der Waals surface area contributed by atoms with E-state index in [0.717, 1.165) is 6.42 Å². The molecule has 0 bridgehead atoms. The highest BCUT2D eigenvalue weighted by Crippen LogP contribution is 2.24. The van der Waals surface area contributed by atoms with Crippen molar-refractivity contribution in [2.24, 2.45) is 5.92 Å². The Morgan fingerprint density at radius 3 is 1.02 bits per heavy atom. The molecule has 0 aromatic carbocycles. The van der Waals surface area contributed by atoms with E-state index in [1.165, 1.54) is 218 Å². The van der Waals surface area contributed by atoms with Gasteiger partial charge in [0.05, 0.1) is 19.8 Å². The Balaban J connectivity index is 3.96. The maximum Gasteiger partial charge on any atom is 0.305 e. The predicted molar refractivity (Wildman–Crippen MR) is 215 cm³/mol. The molecule has 0 N–H and O–H groups in total. The third-order valence-corrected chi connectivity index (χ3v) is 10.6. The highest BCUT2D eigenvalue weighted by molar-refractivity contribution is 5.69. The van der Waals surface area contributed by atoms with Crippen molar-refractivity contribution in [3.05, 3.63) is 0 Å². The number of rotatable bonds is 43. The van der Waals surface area contributed by atoms with Crippen molar-refractivity contribution in [3.63, 3.8) is 0 Å². The van der Waals surface area contributed by atoms with Gasteiger partial charge in [0.1, 0.15) is 6.61 Å². The Morgan fingerprint density at radius 1 is 0.388 bits per heavy atom. The van der Waals surface area contributed by atoms with Crippen LogP contribution in [0, 0.1) is 5.92 Å². The van der Waals surface area contributed by atoms with Gasteiger partial charge in [0.15, 0.2) is 0 Å². The molecule has 0 radical (unpaired) electrons. The second-order valence-corrected chi connectivity index (χ2v) is 15.4. The molecule has 0 amide bonds. The van der Waals surface area contributed by atoms with E-state index >= 15 is 0 Å². The molecular formula is C45H90O4. The first-order valence-electron chi connectivity index (χ1n) is 22.5. The minimum absolute atomic E-state index is 0.0562. The van der Waals surface area contributed by atoms with E-state index in [4.69, 9.17) is 14.2 Å². The van der Waals surface area contributed by atoms with Gasteiger partial charge in [-0.3, -0.25) is 4.79 Å². The van der Waals surface area contributed by atoms with Gasteiger partial charge < -0.3 is 14.2 Å². The van der Waals surface area contributed by atoms with Crippen LogP contribution >= 0.6 is 0 Å². The summed E-state index contributed by atoms with van der Waals surface area (Å²) in [6, 6.07) is 0. The number of methoxy groups -OCH3 is 1. The first kappa shape index (κ1) is 48.4. The van der Waals surface area contributed by atoms with Crippen LogP contribution in [-0.4, -0.2) is 39.5 Å². The SMILES string of the molecule is CCCCCCCCCCCCCCCCCCC(CCCCCCCCCCCCCCCCCC)CCC(=O)OCCOCCOC. The normalized spacial score (nSPS) is 11.6. The van der Waals surface area contributed by atoms with Crippen LogP contribution < -0.4 is 0 Å². The lowest BCUT2D eigenvalue weighted by atomic mass is 9.90. The third kappa shape index (κ3) is 41.7. The summed E-state index contributed by atoms with van der Waals surface area (Å²) >= 11 is 0. The number of carbonyl (C=O) groups is 1. The van der Waals surface area contributed by atoms with Gasteiger partial charge in [-0.15, -0.1) is 0 Å². The van der Waals surface area contributed by atoms with Crippen molar-refractivity contribution in [2.45, 2.75) is 245 Å². The van der Waals surface area contributed by atoms with Crippen molar-refractivity contribution in [1.82, 2.24) is 0 Å². The maximum absolute atomic E-state index is 12.4. The zero-order valence-electron chi connectivity index (χ0n) is 34.0. The van der Waals surface area contributed by atoms with Gasteiger partial charge in [-0.25, -0.2) is 0 Å². The summed E-state index contributed by atoms with van der Waals surface area (Å²) in [6.07, 6.45) is 49.4. The van der Waals surface area contributed by atoms with Crippen LogP contribution in [0.4, 0.5) is 0 Å². The molecule has 0 fully saturated rings. The summed E-state index contributed by atoms with van der Waals surface area (Å²) in [6.45, 7) is 6.53. The van der Waals surface area contributed by atoms with Gasteiger partial charge in [0.2, 0.25) is 0 Å². The van der Waals surface area contributed by atoms with Crippen molar-refractivity contribution < 1.29 is 19.0 Å². The summed E-state index contributed by atoms with van der Waals surface area (Å²) in [5.74, 6) is 0.614. The Bertz CT molecular complexity index is 573. The summed E-state index contributed by atoms with van der Waals surface area (Å²) < 4.78 is 15.9. The van der Waals surface area contributed by atoms with Crippen LogP contribution in [0.5, 0.6) is 0 Å². The standard InChI is InChI=1S/C45H90O4/c1-4-6-8-10-12-14-16-18-20-22-24-26-28-30-32-34-36-44(38-39-45(46)49-43-42-48-41-40-47-3)37-35-33-31-29-27-25-23-21-19-17-15-13-11-9-7-5-2/h44H,4-43H2,1-3H3. The zero-order valence-corrected chi connectivity index (χ0v) is 34.0. The van der Waals surface area contributed by atoms with E-state index in [0.29, 0.717) is 38.8 Å². The molecule has 0 aliphatic carbocycles. The number of carbonyl (C=O) groups excluding carboxylic acids is 1. The van der Waals surface area contributed by atoms with Crippen LogP contribution in [-0.2, 0) is 19.0 Å². The molecule has 0 spiro atoms. The molecule has 294 valence electrons. The molecule has 0 aromatic rings. The van der Waals surface area contributed by atoms with Crippen LogP contribution in [0.3, 0.4) is 0 Å². The lowest BCUT2D eigenvalue weighted by Crippen LogP contribution is -2.13. The molecule has 4 nitrogen and oxygen atoms in total. The molecule has 0 aliphatic heterocycles. The van der Waals surface area contributed by atoms with Gasteiger partial charge >= 0.3 is 5.97 Å². The van der Waals surface area contributed by atoms with Gasteiger partial charge in [0.25, 0.3) is 0 Å². The van der Waals surface area contributed by atoms with Crippen molar-refractivity contribution in [2.75, 3.05) is 33.5 Å². The maximum atomic E-state index is 12.4. The van der Waals surface area contributed by atoms with Crippen LogP contribution in [0.15, 0.2) is 0 Å². The van der Waals surface area contributed by atoms with Gasteiger partial charge in [-0.1, -0.05) is 232 Å². The number of unbranched alkanes of at least 4 members (excludes halogenated alkanes) is 30. The van der Waals surface area contributed by atoms with Crippen molar-refractivity contribution in [3.8, 4) is 0 Å². The Labute approximate surface area is 308 Å². The molecule has 4 heteroatoms. The van der Waals surface area contributed by atoms with Crippen LogP contribution in [0.1, 0.15) is 245 Å². The second-order valence-electron chi connectivity index (χ2n) is 15.4. The highest BCUT2D eigenvalue weighted by Gasteiger charge is 2.12. The van der Waals surface area contributed by atoms with Crippen molar-refractivity contribution >= 4 is 5.97 Å². The van der Waals surface area contributed by atoms with E-state index in [1.807, 2.05) is 0 Å². The minimum Gasteiger partial charge on any atom is -0.463 e. The highest BCUT2D eigenvalue weighted by atomic mass is 16.6. The quantitative estimate of drug-likeness (QED) is 0.0471. The van der Waals surface area contributed by atoms with Gasteiger partial charge in [-0.05, 0) is 12.3 Å². The molecule has 0 aromatic heterocycles. The molecule has 0 rings (SSSR count). The summed E-state index contributed by atoms with van der Waals surface area (Å²) in [5, 5.41) is 0. The largest absolute Gasteiger partial charge is 0.463 e. The van der Waals surface area contributed by atoms with E-state index in [-0.39, 0.29) is 5.97 Å². The molecule has 0 saturated heterocycles. The zero-order chi connectivity index (χ0) is 35.6. The number of hydrogen-bond acceptors (Lipinski definition) is 4.